The Morgan fingerprint density at radius 3 is 2.91 bits per heavy atom. The van der Waals surface area contributed by atoms with E-state index in [0.29, 0.717) is 30.6 Å². The number of likely N-dealkylation sites (tertiary alicyclic amines) is 1. The molecule has 1 N–H and O–H groups in total. The van der Waals surface area contributed by atoms with Crippen LogP contribution in [0.4, 0.5) is 0 Å². The molecule has 2 fully saturated rings. The van der Waals surface area contributed by atoms with Crippen LogP contribution in [0.15, 0.2) is 16.8 Å². The third-order valence-corrected chi connectivity index (χ3v) is 4.73. The average molecular weight is 301 g/mol. The Balaban J connectivity index is 1.43. The fraction of sp³-hybridized carbons (Fsp3) is 0.600. The summed E-state index contributed by atoms with van der Waals surface area (Å²) in [5, 5.41) is 10.7. The third kappa shape index (κ3) is 2.40. The minimum Gasteiger partial charge on any atom is -0.339 e. The lowest BCUT2D eigenvalue weighted by Crippen LogP contribution is -2.28. The van der Waals surface area contributed by atoms with Crippen molar-refractivity contribution in [1.82, 2.24) is 25.2 Å². The van der Waals surface area contributed by atoms with Crippen LogP contribution in [-0.2, 0) is 0 Å². The molecule has 0 unspecified atom stereocenters. The maximum atomic E-state index is 12.3. The van der Waals surface area contributed by atoms with E-state index in [9.17, 15) is 4.79 Å². The number of H-pyrrole nitrogens is 1. The molecule has 1 saturated heterocycles. The monoisotopic (exact) mass is 301 g/mol. The number of aromatic amines is 1. The van der Waals surface area contributed by atoms with E-state index < -0.39 is 0 Å². The van der Waals surface area contributed by atoms with Gasteiger partial charge in [-0.2, -0.15) is 10.1 Å². The molecule has 1 saturated carbocycles. The van der Waals surface area contributed by atoms with Gasteiger partial charge in [-0.1, -0.05) is 18.0 Å². The van der Waals surface area contributed by atoms with E-state index in [-0.39, 0.29) is 11.8 Å². The van der Waals surface area contributed by atoms with Crippen molar-refractivity contribution in [3.63, 3.8) is 0 Å². The molecular weight excluding hydrogens is 282 g/mol. The van der Waals surface area contributed by atoms with Crippen LogP contribution in [0.5, 0.6) is 0 Å². The summed E-state index contributed by atoms with van der Waals surface area (Å²) in [6.07, 6.45) is 7.29. The molecule has 0 radical (unpaired) electrons. The van der Waals surface area contributed by atoms with Crippen LogP contribution >= 0.6 is 0 Å². The molecule has 2 aromatic heterocycles. The first-order valence-corrected chi connectivity index (χ1v) is 7.93. The molecule has 0 aromatic carbocycles. The molecule has 1 aliphatic heterocycles. The first-order chi connectivity index (χ1) is 10.8. The van der Waals surface area contributed by atoms with Gasteiger partial charge in [0.05, 0.1) is 5.92 Å². The van der Waals surface area contributed by atoms with Gasteiger partial charge in [-0.05, 0) is 25.3 Å². The van der Waals surface area contributed by atoms with Crippen molar-refractivity contribution < 1.29 is 9.32 Å². The SMILES string of the molecule is O=C(c1ccn[nH]1)N1CC[C@H](c2nc(C3CCCC3)no2)C1. The Morgan fingerprint density at radius 2 is 2.14 bits per heavy atom. The number of hydrogen-bond acceptors (Lipinski definition) is 5. The normalized spacial score (nSPS) is 22.5. The van der Waals surface area contributed by atoms with Crippen molar-refractivity contribution in [3.8, 4) is 0 Å². The Hall–Kier alpha value is -2.18. The lowest BCUT2D eigenvalue weighted by atomic mass is 10.1. The average Bonchev–Trinajstić information content (AvgIpc) is 3.35. The summed E-state index contributed by atoms with van der Waals surface area (Å²) in [5.41, 5.74) is 0.526. The van der Waals surface area contributed by atoms with E-state index in [1.807, 2.05) is 4.90 Å². The van der Waals surface area contributed by atoms with Gasteiger partial charge in [-0.3, -0.25) is 9.89 Å². The Bertz CT molecular complexity index is 645. The van der Waals surface area contributed by atoms with Crippen molar-refractivity contribution in [2.75, 3.05) is 13.1 Å². The number of rotatable bonds is 3. The zero-order chi connectivity index (χ0) is 14.9. The maximum absolute atomic E-state index is 12.3. The van der Waals surface area contributed by atoms with Crippen molar-refractivity contribution >= 4 is 5.91 Å². The molecule has 4 rings (SSSR count). The molecule has 22 heavy (non-hydrogen) atoms. The minimum atomic E-state index is -0.0180. The van der Waals surface area contributed by atoms with Crippen LogP contribution in [0.25, 0.3) is 0 Å². The van der Waals surface area contributed by atoms with E-state index >= 15 is 0 Å². The summed E-state index contributed by atoms with van der Waals surface area (Å²) in [6, 6.07) is 1.69. The maximum Gasteiger partial charge on any atom is 0.271 e. The molecule has 2 aliphatic rings. The lowest BCUT2D eigenvalue weighted by Gasteiger charge is -2.14. The molecule has 3 heterocycles. The fourth-order valence-electron chi connectivity index (χ4n) is 3.45. The number of carbonyl (C=O) groups is 1. The number of carbonyl (C=O) groups excluding carboxylic acids is 1. The largest absolute Gasteiger partial charge is 0.339 e. The van der Waals surface area contributed by atoms with Gasteiger partial charge in [0.2, 0.25) is 5.89 Å². The molecule has 116 valence electrons. The van der Waals surface area contributed by atoms with Crippen molar-refractivity contribution in [3.05, 3.63) is 29.7 Å². The van der Waals surface area contributed by atoms with Crippen molar-refractivity contribution in [1.29, 1.82) is 0 Å². The Labute approximate surface area is 128 Å². The Morgan fingerprint density at radius 1 is 1.27 bits per heavy atom. The van der Waals surface area contributed by atoms with Gasteiger partial charge in [0.1, 0.15) is 5.69 Å². The first kappa shape index (κ1) is 13.5. The highest BCUT2D eigenvalue weighted by molar-refractivity contribution is 5.92. The van der Waals surface area contributed by atoms with Crippen LogP contribution in [0.1, 0.15) is 66.1 Å². The van der Waals surface area contributed by atoms with Crippen LogP contribution < -0.4 is 0 Å². The highest BCUT2D eigenvalue weighted by Crippen LogP contribution is 2.34. The summed E-state index contributed by atoms with van der Waals surface area (Å²) in [5.74, 6) is 2.12. The van der Waals surface area contributed by atoms with Crippen LogP contribution in [0, 0.1) is 0 Å². The number of hydrogen-bond donors (Lipinski definition) is 1. The second kappa shape index (κ2) is 5.55. The first-order valence-electron chi connectivity index (χ1n) is 7.93. The van der Waals surface area contributed by atoms with Gasteiger partial charge in [-0.15, -0.1) is 0 Å². The smallest absolute Gasteiger partial charge is 0.271 e. The predicted octanol–water partition coefficient (Wildman–Crippen LogP) is 2.08. The summed E-state index contributed by atoms with van der Waals surface area (Å²) < 4.78 is 5.46. The summed E-state index contributed by atoms with van der Waals surface area (Å²) >= 11 is 0. The van der Waals surface area contributed by atoms with E-state index in [2.05, 4.69) is 20.3 Å². The molecule has 0 bridgehead atoms. The van der Waals surface area contributed by atoms with Crippen LogP contribution in [0.3, 0.4) is 0 Å². The quantitative estimate of drug-likeness (QED) is 0.937. The van der Waals surface area contributed by atoms with Crippen molar-refractivity contribution in [2.24, 2.45) is 0 Å². The molecule has 2 aromatic rings. The van der Waals surface area contributed by atoms with Crippen LogP contribution in [-0.4, -0.2) is 44.2 Å². The molecule has 7 nitrogen and oxygen atoms in total. The topological polar surface area (TPSA) is 87.9 Å². The summed E-state index contributed by atoms with van der Waals surface area (Å²) in [6.45, 7) is 1.34. The number of amides is 1. The van der Waals surface area contributed by atoms with E-state index in [0.717, 1.165) is 25.1 Å². The molecule has 1 aliphatic carbocycles. The molecule has 7 heteroatoms. The lowest BCUT2D eigenvalue weighted by molar-refractivity contribution is 0.0784. The molecule has 1 amide bonds. The molecular formula is C15H19N5O2. The summed E-state index contributed by atoms with van der Waals surface area (Å²) in [4.78, 5) is 18.7. The molecule has 1 atom stereocenters. The Kier molecular flexibility index (Phi) is 3.40. The van der Waals surface area contributed by atoms with Crippen LogP contribution in [0.2, 0.25) is 0 Å². The van der Waals surface area contributed by atoms with Gasteiger partial charge in [0.25, 0.3) is 5.91 Å². The highest BCUT2D eigenvalue weighted by atomic mass is 16.5. The number of nitrogens with one attached hydrogen (secondary N) is 1. The second-order valence-electron chi connectivity index (χ2n) is 6.18. The predicted molar refractivity (Wildman–Crippen MR) is 77.4 cm³/mol. The molecule has 0 spiro atoms. The van der Waals surface area contributed by atoms with E-state index in [4.69, 9.17) is 4.52 Å². The van der Waals surface area contributed by atoms with Gasteiger partial charge in [-0.25, -0.2) is 0 Å². The van der Waals surface area contributed by atoms with Crippen molar-refractivity contribution in [2.45, 2.75) is 43.9 Å². The van der Waals surface area contributed by atoms with E-state index in [1.54, 1.807) is 12.3 Å². The van der Waals surface area contributed by atoms with Gasteiger partial charge >= 0.3 is 0 Å². The standard InChI is InChI=1S/C15H19N5O2/c21-15(12-5-7-16-18-12)20-8-6-11(9-20)14-17-13(19-22-14)10-3-1-2-4-10/h5,7,10-11H,1-4,6,8-9H2,(H,16,18)/t11-/m0/s1. The van der Waals surface area contributed by atoms with Gasteiger partial charge in [0.15, 0.2) is 5.82 Å². The number of nitrogens with zero attached hydrogens (tertiary/aromatic N) is 4. The van der Waals surface area contributed by atoms with E-state index in [1.165, 1.54) is 12.8 Å². The fourth-order valence-corrected chi connectivity index (χ4v) is 3.45. The second-order valence-corrected chi connectivity index (χ2v) is 6.18. The minimum absolute atomic E-state index is 0.0180. The zero-order valence-electron chi connectivity index (χ0n) is 12.4. The highest BCUT2D eigenvalue weighted by Gasteiger charge is 2.33. The van der Waals surface area contributed by atoms with Gasteiger partial charge < -0.3 is 9.42 Å². The third-order valence-electron chi connectivity index (χ3n) is 4.73. The summed E-state index contributed by atoms with van der Waals surface area (Å²) in [7, 11) is 0. The zero-order valence-corrected chi connectivity index (χ0v) is 12.4. The van der Waals surface area contributed by atoms with Gasteiger partial charge in [0, 0.05) is 25.2 Å². The number of aromatic nitrogens is 4.